The molecule has 7 heteroatoms. The standard InChI is InChI=1S/C31H31NO6/c33-30(34)29-16-21-9-10-23(37-18-20-11-13-36-14-12-20)15-22(21)17-32(29)31(35)38-19-28-26-7-3-1-5-24(26)25-6-2-4-8-27(25)28/h1-10,15,20,28-29H,11-14,16-19H2,(H,33,34)/t29-/m0/s1. The van der Waals surface area contributed by atoms with E-state index in [1.165, 1.54) is 4.90 Å². The maximum absolute atomic E-state index is 13.3. The molecule has 3 aromatic rings. The van der Waals surface area contributed by atoms with Gasteiger partial charge in [-0.3, -0.25) is 4.90 Å². The van der Waals surface area contributed by atoms with Crippen LogP contribution in [0.3, 0.4) is 0 Å². The second kappa shape index (κ2) is 10.5. The second-order valence-electron chi connectivity index (χ2n) is 10.3. The molecule has 0 aromatic heterocycles. The topological polar surface area (TPSA) is 85.3 Å². The summed E-state index contributed by atoms with van der Waals surface area (Å²) in [6, 6.07) is 21.0. The van der Waals surface area contributed by atoms with Crippen molar-refractivity contribution in [2.75, 3.05) is 26.4 Å². The van der Waals surface area contributed by atoms with Crippen molar-refractivity contribution < 1.29 is 28.9 Å². The highest BCUT2D eigenvalue weighted by Gasteiger charge is 2.37. The van der Waals surface area contributed by atoms with Gasteiger partial charge >= 0.3 is 12.1 Å². The van der Waals surface area contributed by atoms with Crippen molar-refractivity contribution in [3.8, 4) is 16.9 Å². The zero-order valence-corrected chi connectivity index (χ0v) is 21.2. The molecule has 6 rings (SSSR count). The van der Waals surface area contributed by atoms with Crippen molar-refractivity contribution in [3.05, 3.63) is 89.0 Å². The molecular weight excluding hydrogens is 482 g/mol. The summed E-state index contributed by atoms with van der Waals surface area (Å²) in [5, 5.41) is 9.92. The Kier molecular flexibility index (Phi) is 6.77. The molecule has 1 saturated heterocycles. The maximum atomic E-state index is 13.3. The van der Waals surface area contributed by atoms with E-state index in [0.29, 0.717) is 12.5 Å². The minimum atomic E-state index is -1.04. The third-order valence-corrected chi connectivity index (χ3v) is 7.99. The number of carbonyl (C=O) groups is 2. The summed E-state index contributed by atoms with van der Waals surface area (Å²) < 4.78 is 17.3. The van der Waals surface area contributed by atoms with E-state index in [1.807, 2.05) is 42.5 Å². The Bertz CT molecular complexity index is 1300. The van der Waals surface area contributed by atoms with E-state index >= 15 is 0 Å². The van der Waals surface area contributed by atoms with Gasteiger partial charge in [0, 0.05) is 25.6 Å². The minimum Gasteiger partial charge on any atom is -0.493 e. The number of benzene rings is 3. The van der Waals surface area contributed by atoms with Gasteiger partial charge in [-0.25, -0.2) is 9.59 Å². The molecule has 0 spiro atoms. The van der Waals surface area contributed by atoms with Crippen molar-refractivity contribution in [2.45, 2.75) is 37.8 Å². The number of aliphatic carboxylic acids is 1. The number of fused-ring (bicyclic) bond motifs is 4. The van der Waals surface area contributed by atoms with Crippen LogP contribution in [0.25, 0.3) is 11.1 Å². The molecule has 196 valence electrons. The molecule has 1 fully saturated rings. The number of ether oxygens (including phenoxy) is 3. The Morgan fingerprint density at radius 1 is 0.895 bits per heavy atom. The third-order valence-electron chi connectivity index (χ3n) is 7.99. The summed E-state index contributed by atoms with van der Waals surface area (Å²) >= 11 is 0. The van der Waals surface area contributed by atoms with Gasteiger partial charge in [-0.05, 0) is 64.3 Å². The molecule has 3 aliphatic rings. The SMILES string of the molecule is O=C(O)[C@@H]1Cc2ccc(OCC3CCOCC3)cc2CN1C(=O)OCC1c2ccccc2-c2ccccc21. The van der Waals surface area contributed by atoms with Crippen LogP contribution in [-0.2, 0) is 27.2 Å². The van der Waals surface area contributed by atoms with Crippen LogP contribution in [0.5, 0.6) is 5.75 Å². The zero-order valence-electron chi connectivity index (χ0n) is 21.2. The number of hydrogen-bond donors (Lipinski definition) is 1. The normalized spacial score (nSPS) is 18.8. The van der Waals surface area contributed by atoms with Crippen molar-refractivity contribution >= 4 is 12.1 Å². The van der Waals surface area contributed by atoms with Gasteiger partial charge in [0.2, 0.25) is 0 Å². The first-order chi connectivity index (χ1) is 18.6. The Hall–Kier alpha value is -3.84. The average molecular weight is 514 g/mol. The summed E-state index contributed by atoms with van der Waals surface area (Å²) in [6.45, 7) is 2.47. The Morgan fingerprint density at radius 3 is 2.26 bits per heavy atom. The van der Waals surface area contributed by atoms with Gasteiger partial charge in [0.25, 0.3) is 0 Å². The molecule has 0 saturated carbocycles. The molecule has 1 aliphatic carbocycles. The molecular formula is C31H31NO6. The number of rotatable bonds is 6. The van der Waals surface area contributed by atoms with Gasteiger partial charge < -0.3 is 19.3 Å². The minimum absolute atomic E-state index is 0.0862. The van der Waals surface area contributed by atoms with E-state index in [2.05, 4.69) is 24.3 Å². The fourth-order valence-electron chi connectivity index (χ4n) is 5.87. The first kappa shape index (κ1) is 24.5. The number of nitrogens with zero attached hydrogens (tertiary/aromatic N) is 1. The molecule has 3 aromatic carbocycles. The fourth-order valence-corrected chi connectivity index (χ4v) is 5.87. The van der Waals surface area contributed by atoms with Gasteiger partial charge in [0.1, 0.15) is 18.4 Å². The molecule has 1 N–H and O–H groups in total. The van der Waals surface area contributed by atoms with Gasteiger partial charge in [-0.15, -0.1) is 0 Å². The van der Waals surface area contributed by atoms with Crippen molar-refractivity contribution in [1.82, 2.24) is 4.90 Å². The molecule has 2 heterocycles. The van der Waals surface area contributed by atoms with E-state index in [-0.39, 0.29) is 25.5 Å². The van der Waals surface area contributed by atoms with Crippen LogP contribution >= 0.6 is 0 Å². The molecule has 1 atom stereocenters. The van der Waals surface area contributed by atoms with Gasteiger partial charge in [-0.2, -0.15) is 0 Å². The monoisotopic (exact) mass is 513 g/mol. The molecule has 38 heavy (non-hydrogen) atoms. The largest absolute Gasteiger partial charge is 0.493 e. The highest BCUT2D eigenvalue weighted by atomic mass is 16.6. The quantitative estimate of drug-likeness (QED) is 0.485. The van der Waals surface area contributed by atoms with Crippen LogP contribution in [0.4, 0.5) is 4.79 Å². The van der Waals surface area contributed by atoms with E-state index in [9.17, 15) is 14.7 Å². The molecule has 0 unspecified atom stereocenters. The summed E-state index contributed by atoms with van der Waals surface area (Å²) in [5.74, 6) is 0.0749. The molecule has 2 aliphatic heterocycles. The van der Waals surface area contributed by atoms with Crippen LogP contribution < -0.4 is 4.74 Å². The van der Waals surface area contributed by atoms with E-state index in [4.69, 9.17) is 14.2 Å². The fraction of sp³-hybridized carbons (Fsp3) is 0.355. The average Bonchev–Trinajstić information content (AvgIpc) is 3.28. The summed E-state index contributed by atoms with van der Waals surface area (Å²) in [7, 11) is 0. The highest BCUT2D eigenvalue weighted by molar-refractivity contribution is 5.82. The number of carboxylic acid groups (broad SMARTS) is 1. The van der Waals surface area contributed by atoms with Crippen LogP contribution in [0.2, 0.25) is 0 Å². The molecule has 7 nitrogen and oxygen atoms in total. The number of carboxylic acids is 1. The Balaban J connectivity index is 1.16. The Morgan fingerprint density at radius 2 is 1.58 bits per heavy atom. The van der Waals surface area contributed by atoms with Crippen molar-refractivity contribution in [2.24, 2.45) is 5.92 Å². The molecule has 0 bridgehead atoms. The smallest absolute Gasteiger partial charge is 0.410 e. The summed E-state index contributed by atoms with van der Waals surface area (Å²) in [5.41, 5.74) is 6.33. The molecule has 0 radical (unpaired) electrons. The van der Waals surface area contributed by atoms with Crippen LogP contribution in [0.15, 0.2) is 66.7 Å². The van der Waals surface area contributed by atoms with Crippen LogP contribution in [0.1, 0.15) is 41.0 Å². The lowest BCUT2D eigenvalue weighted by Crippen LogP contribution is -2.49. The predicted molar refractivity (Wildman–Crippen MR) is 141 cm³/mol. The number of amides is 1. The second-order valence-corrected chi connectivity index (χ2v) is 10.3. The lowest BCUT2D eigenvalue weighted by Gasteiger charge is -2.34. The van der Waals surface area contributed by atoms with Gasteiger partial charge in [0.15, 0.2) is 0 Å². The lowest BCUT2D eigenvalue weighted by atomic mass is 9.94. The first-order valence-electron chi connectivity index (χ1n) is 13.2. The van der Waals surface area contributed by atoms with Gasteiger partial charge in [-0.1, -0.05) is 54.6 Å². The highest BCUT2D eigenvalue weighted by Crippen LogP contribution is 2.44. The van der Waals surface area contributed by atoms with Crippen LogP contribution in [-0.4, -0.2) is 54.5 Å². The van der Waals surface area contributed by atoms with E-state index in [0.717, 1.165) is 65.2 Å². The van der Waals surface area contributed by atoms with Crippen molar-refractivity contribution in [3.63, 3.8) is 0 Å². The number of carbonyl (C=O) groups excluding carboxylic acids is 1. The summed E-state index contributed by atoms with van der Waals surface area (Å²) in [4.78, 5) is 26.8. The van der Waals surface area contributed by atoms with Crippen LogP contribution in [0, 0.1) is 5.92 Å². The first-order valence-corrected chi connectivity index (χ1v) is 13.2. The predicted octanol–water partition coefficient (Wildman–Crippen LogP) is 5.25. The van der Waals surface area contributed by atoms with E-state index < -0.39 is 18.1 Å². The van der Waals surface area contributed by atoms with Gasteiger partial charge in [0.05, 0.1) is 13.2 Å². The van der Waals surface area contributed by atoms with E-state index in [1.54, 1.807) is 0 Å². The van der Waals surface area contributed by atoms with Crippen molar-refractivity contribution in [1.29, 1.82) is 0 Å². The summed E-state index contributed by atoms with van der Waals surface area (Å²) in [6.07, 6.45) is 1.59. The zero-order chi connectivity index (χ0) is 26.1. The maximum Gasteiger partial charge on any atom is 0.410 e. The Labute approximate surface area is 221 Å². The lowest BCUT2D eigenvalue weighted by molar-refractivity contribution is -0.143. The number of hydrogen-bond acceptors (Lipinski definition) is 5. The third kappa shape index (κ3) is 4.74. The molecule has 1 amide bonds.